The Morgan fingerprint density at radius 2 is 1.83 bits per heavy atom. The van der Waals surface area contributed by atoms with Crippen molar-refractivity contribution in [3.05, 3.63) is 35.9 Å². The number of nitrogens with zero attached hydrogens (tertiary/aromatic N) is 1. The zero-order valence-corrected chi connectivity index (χ0v) is 14.7. The summed E-state index contributed by atoms with van der Waals surface area (Å²) >= 11 is 0. The molecular weight excluding hydrogens is 310 g/mol. The van der Waals surface area contributed by atoms with Gasteiger partial charge in [0.1, 0.15) is 5.41 Å². The smallest absolute Gasteiger partial charge is 0.346 e. The molecule has 1 unspecified atom stereocenters. The maximum Gasteiger partial charge on any atom is 0.346 e. The highest BCUT2D eigenvalue weighted by atomic mass is 16.6. The average molecular weight is 335 g/mol. The monoisotopic (exact) mass is 335 g/mol. The lowest BCUT2D eigenvalue weighted by Gasteiger charge is -2.30. The Morgan fingerprint density at radius 3 is 2.38 bits per heavy atom. The van der Waals surface area contributed by atoms with E-state index in [4.69, 9.17) is 9.57 Å². The molecule has 6 heteroatoms. The van der Waals surface area contributed by atoms with Crippen LogP contribution in [0.1, 0.15) is 32.8 Å². The van der Waals surface area contributed by atoms with Gasteiger partial charge in [0.15, 0.2) is 0 Å². The van der Waals surface area contributed by atoms with Crippen LogP contribution >= 0.6 is 0 Å². The van der Waals surface area contributed by atoms with Crippen molar-refractivity contribution in [1.82, 2.24) is 0 Å². The summed E-state index contributed by atoms with van der Waals surface area (Å²) < 4.78 is 9.77. The Kier molecular flexibility index (Phi) is 7.95. The molecule has 0 spiro atoms. The highest BCUT2D eigenvalue weighted by molar-refractivity contribution is 6.05. The Balaban J connectivity index is 3.08. The van der Waals surface area contributed by atoms with Crippen LogP contribution in [0.3, 0.4) is 0 Å². The van der Waals surface area contributed by atoms with Gasteiger partial charge in [0, 0.05) is 0 Å². The fourth-order valence-electron chi connectivity index (χ4n) is 2.41. The molecule has 0 bridgehead atoms. The lowest BCUT2D eigenvalue weighted by atomic mass is 9.75. The minimum Gasteiger partial charge on any atom is -0.466 e. The molecule has 0 aliphatic heterocycles. The summed E-state index contributed by atoms with van der Waals surface area (Å²) in [5, 5.41) is 3.97. The molecule has 0 fully saturated rings. The van der Waals surface area contributed by atoms with Crippen molar-refractivity contribution < 1.29 is 23.9 Å². The number of hydrogen-bond acceptors (Lipinski definition) is 6. The fraction of sp³-hybridized carbons (Fsp3) is 0.500. The number of esters is 2. The van der Waals surface area contributed by atoms with Crippen LogP contribution in [0.2, 0.25) is 0 Å². The lowest BCUT2D eigenvalue weighted by molar-refractivity contribution is -0.151. The van der Waals surface area contributed by atoms with E-state index >= 15 is 0 Å². The van der Waals surface area contributed by atoms with Crippen LogP contribution in [-0.2, 0) is 30.3 Å². The molecule has 6 nitrogen and oxygen atoms in total. The number of benzene rings is 1. The summed E-state index contributed by atoms with van der Waals surface area (Å²) in [4.78, 5) is 28.8. The van der Waals surface area contributed by atoms with Gasteiger partial charge in [-0.15, -0.1) is 0 Å². The predicted octanol–water partition coefficient (Wildman–Crippen LogP) is 2.75. The first kappa shape index (κ1) is 19.7. The SMILES string of the molecule is CCOC(=O)C(CC)(Cc1ccccc1)/C(C)=N/OCC(=O)OC. The molecule has 0 saturated carbocycles. The van der Waals surface area contributed by atoms with Gasteiger partial charge in [0.2, 0.25) is 6.61 Å². The van der Waals surface area contributed by atoms with Crippen molar-refractivity contribution >= 4 is 17.7 Å². The van der Waals surface area contributed by atoms with Crippen LogP contribution in [0, 0.1) is 5.41 Å². The second kappa shape index (κ2) is 9.70. The molecule has 0 aliphatic carbocycles. The van der Waals surface area contributed by atoms with E-state index in [0.717, 1.165) is 5.56 Å². The molecule has 1 aromatic carbocycles. The molecule has 1 atom stereocenters. The van der Waals surface area contributed by atoms with E-state index in [9.17, 15) is 9.59 Å². The fourth-order valence-corrected chi connectivity index (χ4v) is 2.41. The summed E-state index contributed by atoms with van der Waals surface area (Å²) in [6, 6.07) is 9.66. The Labute approximate surface area is 142 Å². The first-order chi connectivity index (χ1) is 11.5. The minimum atomic E-state index is -0.937. The van der Waals surface area contributed by atoms with Crippen molar-refractivity contribution in [2.24, 2.45) is 10.6 Å². The second-order valence-electron chi connectivity index (χ2n) is 5.34. The van der Waals surface area contributed by atoms with Gasteiger partial charge in [-0.2, -0.15) is 0 Å². The third-order valence-corrected chi connectivity index (χ3v) is 3.92. The van der Waals surface area contributed by atoms with Gasteiger partial charge in [-0.1, -0.05) is 42.4 Å². The molecule has 0 radical (unpaired) electrons. The number of carbonyl (C=O) groups is 2. The standard InChI is InChI=1S/C18H25NO5/c1-5-18(17(21)23-6-2,12-15-10-8-7-9-11-15)14(3)19-24-13-16(20)22-4/h7-11H,5-6,12-13H2,1-4H3/b19-14+. The van der Waals surface area contributed by atoms with Gasteiger partial charge in [-0.05, 0) is 32.3 Å². The lowest BCUT2D eigenvalue weighted by Crippen LogP contribution is -2.41. The molecule has 0 heterocycles. The number of carbonyl (C=O) groups excluding carboxylic acids is 2. The van der Waals surface area contributed by atoms with E-state index in [1.54, 1.807) is 13.8 Å². The van der Waals surface area contributed by atoms with Crippen LogP contribution in [0.25, 0.3) is 0 Å². The first-order valence-electron chi connectivity index (χ1n) is 7.95. The van der Waals surface area contributed by atoms with E-state index in [-0.39, 0.29) is 19.2 Å². The third kappa shape index (κ3) is 5.08. The van der Waals surface area contributed by atoms with E-state index in [1.165, 1.54) is 7.11 Å². The Bertz CT molecular complexity index is 570. The topological polar surface area (TPSA) is 74.2 Å². The molecular formula is C18H25NO5. The zero-order chi connectivity index (χ0) is 18.0. The van der Waals surface area contributed by atoms with Gasteiger partial charge in [0.05, 0.1) is 19.4 Å². The molecule has 1 aromatic rings. The number of oxime groups is 1. The zero-order valence-electron chi connectivity index (χ0n) is 14.7. The van der Waals surface area contributed by atoms with Crippen molar-refractivity contribution in [1.29, 1.82) is 0 Å². The van der Waals surface area contributed by atoms with Gasteiger partial charge in [0.25, 0.3) is 0 Å². The third-order valence-electron chi connectivity index (χ3n) is 3.92. The van der Waals surface area contributed by atoms with E-state index in [2.05, 4.69) is 9.89 Å². The highest BCUT2D eigenvalue weighted by Gasteiger charge is 2.42. The van der Waals surface area contributed by atoms with Crippen LogP contribution in [0.15, 0.2) is 35.5 Å². The second-order valence-corrected chi connectivity index (χ2v) is 5.34. The molecule has 24 heavy (non-hydrogen) atoms. The van der Waals surface area contributed by atoms with Crippen LogP contribution in [-0.4, -0.2) is 38.0 Å². The van der Waals surface area contributed by atoms with E-state index < -0.39 is 11.4 Å². The van der Waals surface area contributed by atoms with Crippen LogP contribution < -0.4 is 0 Å². The summed E-state index contributed by atoms with van der Waals surface area (Å²) in [6.07, 6.45) is 0.942. The number of hydrogen-bond donors (Lipinski definition) is 0. The largest absolute Gasteiger partial charge is 0.466 e. The minimum absolute atomic E-state index is 0.283. The highest BCUT2D eigenvalue weighted by Crippen LogP contribution is 2.31. The Morgan fingerprint density at radius 1 is 1.17 bits per heavy atom. The summed E-state index contributed by atoms with van der Waals surface area (Å²) in [7, 11) is 1.27. The maximum atomic E-state index is 12.6. The van der Waals surface area contributed by atoms with Gasteiger partial charge >= 0.3 is 11.9 Å². The predicted molar refractivity (Wildman–Crippen MR) is 90.6 cm³/mol. The molecule has 0 aromatic heterocycles. The summed E-state index contributed by atoms with van der Waals surface area (Å²) in [5.41, 5.74) is 0.527. The maximum absolute atomic E-state index is 12.6. The van der Waals surface area contributed by atoms with Crippen LogP contribution in [0.5, 0.6) is 0 Å². The van der Waals surface area contributed by atoms with E-state index in [1.807, 2.05) is 37.3 Å². The van der Waals surface area contributed by atoms with Crippen molar-refractivity contribution in [3.63, 3.8) is 0 Å². The van der Waals surface area contributed by atoms with Crippen molar-refractivity contribution in [2.75, 3.05) is 20.3 Å². The number of rotatable bonds is 9. The number of ether oxygens (including phenoxy) is 2. The molecule has 0 aliphatic rings. The van der Waals surface area contributed by atoms with Gasteiger partial charge in [-0.25, -0.2) is 4.79 Å². The van der Waals surface area contributed by atoms with Gasteiger partial charge in [-0.3, -0.25) is 4.79 Å². The average Bonchev–Trinajstić information content (AvgIpc) is 2.60. The first-order valence-corrected chi connectivity index (χ1v) is 7.95. The normalized spacial score (nSPS) is 13.8. The van der Waals surface area contributed by atoms with E-state index in [0.29, 0.717) is 18.6 Å². The molecule has 0 N–H and O–H groups in total. The van der Waals surface area contributed by atoms with Crippen molar-refractivity contribution in [2.45, 2.75) is 33.6 Å². The molecule has 132 valence electrons. The number of methoxy groups -OCH3 is 1. The summed E-state index contributed by atoms with van der Waals surface area (Å²) in [6.45, 7) is 5.36. The molecule has 1 rings (SSSR count). The van der Waals surface area contributed by atoms with Crippen molar-refractivity contribution in [3.8, 4) is 0 Å². The van der Waals surface area contributed by atoms with Crippen LogP contribution in [0.4, 0.5) is 0 Å². The Hall–Kier alpha value is -2.37. The summed E-state index contributed by atoms with van der Waals surface area (Å²) in [5.74, 6) is -0.882. The molecule has 0 amide bonds. The quantitative estimate of drug-likeness (QED) is 0.394. The van der Waals surface area contributed by atoms with Gasteiger partial charge < -0.3 is 14.3 Å². The molecule has 0 saturated heterocycles.